The molecule has 0 saturated carbocycles. The molecule has 3 heterocycles. The first-order valence-corrected chi connectivity index (χ1v) is 22.8. The molecule has 0 amide bonds. The number of ether oxygens (including phenoxy) is 14. The Labute approximate surface area is 410 Å². The fourth-order valence-electron chi connectivity index (χ4n) is 8.19. The summed E-state index contributed by atoms with van der Waals surface area (Å²) in [4.78, 5) is 78.4. The van der Waals surface area contributed by atoms with E-state index in [0.29, 0.717) is 0 Å². The molecule has 3 fully saturated rings. The normalized spacial score (nSPS) is 30.3. The first kappa shape index (κ1) is 55.9. The van der Waals surface area contributed by atoms with E-state index in [-0.39, 0.29) is 26.4 Å². The van der Waals surface area contributed by atoms with Gasteiger partial charge in [-0.25, -0.2) is 0 Å². The van der Waals surface area contributed by atoms with Crippen molar-refractivity contribution in [3.8, 4) is 0 Å². The number of nitrogens with zero attached hydrogens (tertiary/aromatic N) is 3. The van der Waals surface area contributed by atoms with Gasteiger partial charge in [0.05, 0.1) is 32.5 Å². The second kappa shape index (κ2) is 27.6. The lowest BCUT2D eigenvalue weighted by Gasteiger charge is -2.50. The van der Waals surface area contributed by atoms with Crippen LogP contribution in [0.25, 0.3) is 10.4 Å². The Morgan fingerprint density at radius 3 is 1.58 bits per heavy atom. The van der Waals surface area contributed by atoms with Crippen LogP contribution in [0.3, 0.4) is 0 Å². The third kappa shape index (κ3) is 16.5. The van der Waals surface area contributed by atoms with Crippen LogP contribution in [0, 0.1) is 5.92 Å². The smallest absolute Gasteiger partial charge is 0.303 e. The molecule has 15 atom stereocenters. The molecule has 0 spiro atoms. The van der Waals surface area contributed by atoms with Gasteiger partial charge in [0, 0.05) is 52.4 Å². The minimum Gasteiger partial charge on any atom is -0.463 e. The summed E-state index contributed by atoms with van der Waals surface area (Å²) in [5.41, 5.74) is 11.8. The van der Waals surface area contributed by atoms with Gasteiger partial charge in [-0.2, -0.15) is 0 Å². The number of hydrogen-bond acceptors (Lipinski definition) is 21. The van der Waals surface area contributed by atoms with Crippen LogP contribution in [0.2, 0.25) is 0 Å². The summed E-state index contributed by atoms with van der Waals surface area (Å²) >= 11 is 0. The summed E-state index contributed by atoms with van der Waals surface area (Å²) in [7, 11) is 0. The Bertz CT molecular complexity index is 2140. The average Bonchev–Trinajstić information content (AvgIpc) is 3.31. The quantitative estimate of drug-likeness (QED) is 0.0378. The first-order valence-electron chi connectivity index (χ1n) is 22.8. The van der Waals surface area contributed by atoms with Crippen LogP contribution in [0.1, 0.15) is 59.6 Å². The fourth-order valence-corrected chi connectivity index (χ4v) is 8.19. The first-order chi connectivity index (χ1) is 34.0. The molecule has 2 aromatic carbocycles. The number of carbonyl (C=O) groups excluding carboxylic acids is 6. The van der Waals surface area contributed by atoms with E-state index < -0.39 is 141 Å². The molecule has 388 valence electrons. The minimum absolute atomic E-state index is 0.0940. The Morgan fingerprint density at radius 2 is 1.03 bits per heavy atom. The second-order valence-electron chi connectivity index (χ2n) is 16.7. The van der Waals surface area contributed by atoms with Crippen LogP contribution in [0.4, 0.5) is 0 Å². The van der Waals surface area contributed by atoms with Crippen LogP contribution in [0.15, 0.2) is 78.4 Å². The molecule has 0 aliphatic carbocycles. The Balaban J connectivity index is 1.60. The molecular weight excluding hydrogens is 939 g/mol. The molecule has 0 N–H and O–H groups in total. The Kier molecular flexibility index (Phi) is 21.7. The van der Waals surface area contributed by atoms with Gasteiger partial charge in [-0.05, 0) is 16.7 Å². The van der Waals surface area contributed by atoms with Gasteiger partial charge in [0.15, 0.2) is 37.2 Å². The third-order valence-corrected chi connectivity index (χ3v) is 11.1. The molecule has 23 heteroatoms. The number of azide groups is 1. The van der Waals surface area contributed by atoms with E-state index in [1.54, 1.807) is 6.08 Å². The molecule has 0 radical (unpaired) electrons. The molecule has 5 rings (SSSR count). The van der Waals surface area contributed by atoms with Gasteiger partial charge < -0.3 is 66.3 Å². The van der Waals surface area contributed by atoms with Crippen LogP contribution in [-0.4, -0.2) is 148 Å². The number of benzene rings is 2. The van der Waals surface area contributed by atoms with E-state index in [1.165, 1.54) is 0 Å². The van der Waals surface area contributed by atoms with Gasteiger partial charge in [-0.1, -0.05) is 78.8 Å². The fraction of sp³-hybridized carbons (Fsp3) is 0.583. The van der Waals surface area contributed by atoms with Crippen LogP contribution < -0.4 is 0 Å². The highest BCUT2D eigenvalue weighted by molar-refractivity contribution is 5.69. The van der Waals surface area contributed by atoms with E-state index in [4.69, 9.17) is 66.3 Å². The highest BCUT2D eigenvalue weighted by Crippen LogP contribution is 2.39. The third-order valence-electron chi connectivity index (χ3n) is 11.1. The SMILES string of the molecule is C=CCO[C@@H]1OC(COCc2ccccc2)[C@H](O[C@@H]2OC(COC(C)=O)[C@H](O[C@@H]3OC(COC(C)=O)[C@H](OC(C)=O)[C@H](OC(C)=O)C3OC(C)=O)[C@H](OC(C)=O)C2N=[N+]=[N-])[C@@H](OCc2ccccc2)C1C. The number of carbonyl (C=O) groups is 6. The van der Waals surface area contributed by atoms with Gasteiger partial charge in [0.1, 0.15) is 55.9 Å². The van der Waals surface area contributed by atoms with Crippen molar-refractivity contribution in [1.82, 2.24) is 0 Å². The van der Waals surface area contributed by atoms with Crippen LogP contribution >= 0.6 is 0 Å². The van der Waals surface area contributed by atoms with E-state index in [9.17, 15) is 34.3 Å². The van der Waals surface area contributed by atoms with E-state index in [2.05, 4.69) is 16.6 Å². The van der Waals surface area contributed by atoms with E-state index >= 15 is 0 Å². The van der Waals surface area contributed by atoms with Gasteiger partial charge >= 0.3 is 35.8 Å². The molecule has 3 aliphatic heterocycles. The van der Waals surface area contributed by atoms with Crippen molar-refractivity contribution in [2.24, 2.45) is 11.0 Å². The molecule has 6 unspecified atom stereocenters. The molecule has 71 heavy (non-hydrogen) atoms. The predicted molar refractivity (Wildman–Crippen MR) is 241 cm³/mol. The van der Waals surface area contributed by atoms with E-state index in [1.807, 2.05) is 67.6 Å². The van der Waals surface area contributed by atoms with Crippen molar-refractivity contribution in [1.29, 1.82) is 0 Å². The second-order valence-corrected chi connectivity index (χ2v) is 16.7. The zero-order valence-corrected chi connectivity index (χ0v) is 40.5. The summed E-state index contributed by atoms with van der Waals surface area (Å²) in [6.07, 6.45) is -17.1. The van der Waals surface area contributed by atoms with E-state index in [0.717, 1.165) is 52.7 Å². The van der Waals surface area contributed by atoms with Gasteiger partial charge in [-0.15, -0.1) is 6.58 Å². The van der Waals surface area contributed by atoms with Crippen LogP contribution in [-0.2, 0) is 108 Å². The minimum atomic E-state index is -1.87. The number of hydrogen-bond donors (Lipinski definition) is 0. The Hall–Kier alpha value is -6.01. The summed E-state index contributed by atoms with van der Waals surface area (Å²) < 4.78 is 84.8. The van der Waals surface area contributed by atoms with Crippen LogP contribution in [0.5, 0.6) is 0 Å². The molecule has 0 aromatic heterocycles. The molecule has 2 aromatic rings. The van der Waals surface area contributed by atoms with Gasteiger partial charge in [0.25, 0.3) is 0 Å². The monoisotopic (exact) mass is 999 g/mol. The van der Waals surface area contributed by atoms with Crippen molar-refractivity contribution in [3.05, 3.63) is 94.9 Å². The number of esters is 6. The maximum Gasteiger partial charge on any atom is 0.303 e. The largest absolute Gasteiger partial charge is 0.463 e. The summed E-state index contributed by atoms with van der Waals surface area (Å²) in [6.45, 7) is 11.1. The zero-order chi connectivity index (χ0) is 51.6. The summed E-state index contributed by atoms with van der Waals surface area (Å²) in [5.74, 6) is -5.75. The van der Waals surface area contributed by atoms with Crippen molar-refractivity contribution in [2.75, 3.05) is 26.4 Å². The maximum atomic E-state index is 13.1. The standard InChI is InChI=1S/C48H61N3O20/c1-9-20-59-46-26(2)39(62-22-34-18-14-11-15-19-34)40(35(67-46)23-58-21-33-16-12-10-13-17-33)70-47-38(50-51-49)43(64-30(6)55)41(36(68-47)24-60-27(3)52)71-48-45(66-32(8)57)44(65-31(7)56)42(63-29(5)54)37(69-48)25-61-28(4)53/h9-19,26,35-48H,1,20-25H2,2-8H3/t26?,35?,36?,37?,38?,39-,40-,41-,42-,43+,44-,45?,46+,47-,48-/m0/s1. The van der Waals surface area contributed by atoms with Gasteiger partial charge in [0.2, 0.25) is 0 Å². The molecule has 23 nitrogen and oxygen atoms in total. The topological polar surface area (TPSA) is 280 Å². The Morgan fingerprint density at radius 1 is 0.563 bits per heavy atom. The lowest BCUT2D eigenvalue weighted by atomic mass is 9.91. The maximum absolute atomic E-state index is 13.1. The number of rotatable bonds is 23. The van der Waals surface area contributed by atoms with Crippen molar-refractivity contribution >= 4 is 35.8 Å². The highest BCUT2D eigenvalue weighted by Gasteiger charge is 2.58. The predicted octanol–water partition coefficient (Wildman–Crippen LogP) is 4.10. The summed E-state index contributed by atoms with van der Waals surface area (Å²) in [6, 6.07) is 17.1. The lowest BCUT2D eigenvalue weighted by molar-refractivity contribution is -0.365. The lowest BCUT2D eigenvalue weighted by Crippen LogP contribution is -2.67. The molecule has 3 aliphatic rings. The van der Waals surface area contributed by atoms with Gasteiger partial charge in [-0.3, -0.25) is 28.8 Å². The molecular formula is C48H61N3O20. The van der Waals surface area contributed by atoms with Crippen molar-refractivity contribution in [2.45, 2.75) is 148 Å². The molecule has 3 saturated heterocycles. The molecule has 0 bridgehead atoms. The van der Waals surface area contributed by atoms with Crippen molar-refractivity contribution < 1.29 is 95.1 Å². The zero-order valence-electron chi connectivity index (χ0n) is 40.5. The highest BCUT2D eigenvalue weighted by atomic mass is 16.8. The average molecular weight is 1000 g/mol. The summed E-state index contributed by atoms with van der Waals surface area (Å²) in [5, 5.41) is 3.99. The van der Waals surface area contributed by atoms with Crippen molar-refractivity contribution in [3.63, 3.8) is 0 Å².